The van der Waals surface area contributed by atoms with E-state index in [1.165, 1.54) is 4.31 Å². The molecule has 0 radical (unpaired) electrons. The Kier molecular flexibility index (Phi) is 7.89. The Bertz CT molecular complexity index is 963. The number of ether oxygens (including phenoxy) is 3. The first-order valence-corrected chi connectivity index (χ1v) is 11.5. The fourth-order valence-corrected chi connectivity index (χ4v) is 4.69. The Labute approximate surface area is 183 Å². The molecule has 1 amide bonds. The summed E-state index contributed by atoms with van der Waals surface area (Å²) in [5.41, 5.74) is 1.78. The van der Waals surface area contributed by atoms with Gasteiger partial charge < -0.3 is 19.5 Å². The highest BCUT2D eigenvalue weighted by Gasteiger charge is 2.26. The van der Waals surface area contributed by atoms with Gasteiger partial charge in [-0.25, -0.2) is 8.42 Å². The molecule has 3 rings (SSSR count). The standard InChI is InChI=1S/C22H28N2O6S/c1-28-19-13-18(14-20(15-19)29-2)16-23-22(25)8-5-17-3-6-21(7-4-17)31(26,27)24-9-11-30-12-10-24/h3-4,6-7,13-15H,5,8-12,16H2,1-2H3,(H,23,25). The van der Waals surface area contributed by atoms with Crippen LogP contribution in [0, 0.1) is 0 Å². The lowest BCUT2D eigenvalue weighted by Crippen LogP contribution is -2.40. The van der Waals surface area contributed by atoms with Gasteiger partial charge in [0, 0.05) is 32.1 Å². The summed E-state index contributed by atoms with van der Waals surface area (Å²) in [5, 5.41) is 2.89. The second-order valence-corrected chi connectivity index (χ2v) is 9.10. The molecule has 0 unspecified atom stereocenters. The third-order valence-corrected chi connectivity index (χ3v) is 6.99. The molecule has 168 valence electrons. The number of carbonyl (C=O) groups is 1. The van der Waals surface area contributed by atoms with E-state index < -0.39 is 10.0 Å². The highest BCUT2D eigenvalue weighted by Crippen LogP contribution is 2.22. The molecule has 2 aromatic carbocycles. The fraction of sp³-hybridized carbons (Fsp3) is 0.409. The zero-order valence-corrected chi connectivity index (χ0v) is 18.6. The number of nitrogens with one attached hydrogen (secondary N) is 1. The predicted molar refractivity (Wildman–Crippen MR) is 116 cm³/mol. The number of methoxy groups -OCH3 is 2. The Morgan fingerprint density at radius 2 is 1.61 bits per heavy atom. The highest BCUT2D eigenvalue weighted by atomic mass is 32.2. The average molecular weight is 449 g/mol. The minimum absolute atomic E-state index is 0.0909. The minimum atomic E-state index is -3.51. The number of morpholine rings is 1. The molecule has 1 aliphatic rings. The van der Waals surface area contributed by atoms with Crippen LogP contribution in [0.25, 0.3) is 0 Å². The van der Waals surface area contributed by atoms with Crippen LogP contribution in [0.5, 0.6) is 11.5 Å². The van der Waals surface area contributed by atoms with Gasteiger partial charge in [0.2, 0.25) is 15.9 Å². The highest BCUT2D eigenvalue weighted by molar-refractivity contribution is 7.89. The Hall–Kier alpha value is -2.62. The van der Waals surface area contributed by atoms with Crippen molar-refractivity contribution in [2.75, 3.05) is 40.5 Å². The van der Waals surface area contributed by atoms with Crippen LogP contribution in [0.15, 0.2) is 47.4 Å². The zero-order valence-electron chi connectivity index (χ0n) is 17.8. The SMILES string of the molecule is COc1cc(CNC(=O)CCc2ccc(S(=O)(=O)N3CCOCC3)cc2)cc(OC)c1. The van der Waals surface area contributed by atoms with Crippen molar-refractivity contribution in [2.24, 2.45) is 0 Å². The second-order valence-electron chi connectivity index (χ2n) is 7.16. The molecule has 9 heteroatoms. The molecule has 0 saturated carbocycles. The minimum Gasteiger partial charge on any atom is -0.497 e. The molecule has 31 heavy (non-hydrogen) atoms. The van der Waals surface area contributed by atoms with Gasteiger partial charge >= 0.3 is 0 Å². The maximum atomic E-state index is 12.7. The van der Waals surface area contributed by atoms with E-state index in [0.29, 0.717) is 57.2 Å². The summed E-state index contributed by atoms with van der Waals surface area (Å²) >= 11 is 0. The zero-order chi connectivity index (χ0) is 22.3. The summed E-state index contributed by atoms with van der Waals surface area (Å²) in [7, 11) is -0.351. The molecule has 1 saturated heterocycles. The van der Waals surface area contributed by atoms with Crippen molar-refractivity contribution >= 4 is 15.9 Å². The Morgan fingerprint density at radius 1 is 1.00 bits per heavy atom. The van der Waals surface area contributed by atoms with Gasteiger partial charge in [-0.2, -0.15) is 4.31 Å². The summed E-state index contributed by atoms with van der Waals surface area (Å²) in [6.07, 6.45) is 0.821. The van der Waals surface area contributed by atoms with E-state index >= 15 is 0 Å². The summed E-state index contributed by atoms with van der Waals surface area (Å²) in [6.45, 7) is 1.92. The number of benzene rings is 2. The van der Waals surface area contributed by atoms with E-state index in [-0.39, 0.29) is 10.8 Å². The van der Waals surface area contributed by atoms with Crippen LogP contribution >= 0.6 is 0 Å². The molecule has 0 bridgehead atoms. The first-order valence-electron chi connectivity index (χ1n) is 10.1. The van der Waals surface area contributed by atoms with E-state index in [1.807, 2.05) is 12.1 Å². The summed E-state index contributed by atoms with van der Waals surface area (Å²) in [5.74, 6) is 1.23. The molecule has 8 nitrogen and oxygen atoms in total. The van der Waals surface area contributed by atoms with Crippen molar-refractivity contribution in [3.63, 3.8) is 0 Å². The number of hydrogen-bond donors (Lipinski definition) is 1. The molecule has 0 atom stereocenters. The van der Waals surface area contributed by atoms with E-state index in [9.17, 15) is 13.2 Å². The van der Waals surface area contributed by atoms with Crippen LogP contribution in [0.1, 0.15) is 17.5 Å². The number of hydrogen-bond acceptors (Lipinski definition) is 6. The van der Waals surface area contributed by atoms with Crippen LogP contribution in [-0.2, 0) is 32.5 Å². The quantitative estimate of drug-likeness (QED) is 0.630. The first kappa shape index (κ1) is 23.1. The summed E-state index contributed by atoms with van der Waals surface area (Å²) in [4.78, 5) is 12.5. The Morgan fingerprint density at radius 3 is 2.19 bits per heavy atom. The second kappa shape index (κ2) is 10.6. The topological polar surface area (TPSA) is 94.2 Å². The lowest BCUT2D eigenvalue weighted by molar-refractivity contribution is -0.121. The number of amides is 1. The summed E-state index contributed by atoms with van der Waals surface area (Å²) in [6, 6.07) is 12.2. The van der Waals surface area contributed by atoms with Gasteiger partial charge in [-0.05, 0) is 41.8 Å². The van der Waals surface area contributed by atoms with Gasteiger partial charge in [-0.1, -0.05) is 12.1 Å². The van der Waals surface area contributed by atoms with E-state index in [2.05, 4.69) is 5.32 Å². The number of carbonyl (C=O) groups excluding carboxylic acids is 1. The number of nitrogens with zero attached hydrogens (tertiary/aromatic N) is 1. The molecular weight excluding hydrogens is 420 g/mol. The van der Waals surface area contributed by atoms with Crippen molar-refractivity contribution in [2.45, 2.75) is 24.3 Å². The third-order valence-electron chi connectivity index (χ3n) is 5.07. The normalized spacial score (nSPS) is 14.8. The molecule has 1 fully saturated rings. The van der Waals surface area contributed by atoms with Crippen LogP contribution in [-0.4, -0.2) is 59.2 Å². The van der Waals surface area contributed by atoms with Gasteiger partial charge in [0.05, 0.1) is 32.3 Å². The monoisotopic (exact) mass is 448 g/mol. The number of sulfonamides is 1. The van der Waals surface area contributed by atoms with Crippen LogP contribution < -0.4 is 14.8 Å². The van der Waals surface area contributed by atoms with Crippen molar-refractivity contribution < 1.29 is 27.4 Å². The maximum absolute atomic E-state index is 12.7. The third kappa shape index (κ3) is 6.19. The van der Waals surface area contributed by atoms with Gasteiger partial charge in [-0.15, -0.1) is 0 Å². The molecule has 1 aliphatic heterocycles. The summed E-state index contributed by atoms with van der Waals surface area (Å²) < 4.78 is 42.5. The van der Waals surface area contributed by atoms with Gasteiger partial charge in [0.15, 0.2) is 0 Å². The molecule has 2 aromatic rings. The van der Waals surface area contributed by atoms with E-state index in [4.69, 9.17) is 14.2 Å². The van der Waals surface area contributed by atoms with Crippen LogP contribution in [0.3, 0.4) is 0 Å². The van der Waals surface area contributed by atoms with Crippen LogP contribution in [0.4, 0.5) is 0 Å². The molecule has 0 aliphatic carbocycles. The largest absolute Gasteiger partial charge is 0.497 e. The number of rotatable bonds is 9. The van der Waals surface area contributed by atoms with Crippen molar-refractivity contribution in [3.05, 3.63) is 53.6 Å². The lowest BCUT2D eigenvalue weighted by atomic mass is 10.1. The Balaban J connectivity index is 1.51. The van der Waals surface area contributed by atoms with Crippen molar-refractivity contribution in [1.82, 2.24) is 9.62 Å². The molecule has 1 heterocycles. The van der Waals surface area contributed by atoms with Crippen LogP contribution in [0.2, 0.25) is 0 Å². The van der Waals surface area contributed by atoms with Gasteiger partial charge in [0.1, 0.15) is 11.5 Å². The molecule has 1 N–H and O–H groups in total. The first-order chi connectivity index (χ1) is 14.9. The van der Waals surface area contributed by atoms with Crippen molar-refractivity contribution in [3.8, 4) is 11.5 Å². The van der Waals surface area contributed by atoms with E-state index in [1.54, 1.807) is 44.6 Å². The molecular formula is C22H28N2O6S. The predicted octanol–water partition coefficient (Wildman–Crippen LogP) is 1.97. The average Bonchev–Trinajstić information content (AvgIpc) is 2.82. The fourth-order valence-electron chi connectivity index (χ4n) is 3.28. The van der Waals surface area contributed by atoms with Gasteiger partial charge in [-0.3, -0.25) is 4.79 Å². The van der Waals surface area contributed by atoms with E-state index in [0.717, 1.165) is 11.1 Å². The molecule has 0 spiro atoms. The van der Waals surface area contributed by atoms with Crippen molar-refractivity contribution in [1.29, 1.82) is 0 Å². The maximum Gasteiger partial charge on any atom is 0.243 e. The lowest BCUT2D eigenvalue weighted by Gasteiger charge is -2.26. The van der Waals surface area contributed by atoms with Gasteiger partial charge in [0.25, 0.3) is 0 Å². The number of aryl methyl sites for hydroxylation is 1. The molecule has 0 aromatic heterocycles. The smallest absolute Gasteiger partial charge is 0.243 e.